The first kappa shape index (κ1) is 22.9. The Bertz CT molecular complexity index is 1130. The first-order chi connectivity index (χ1) is 15.9. The molecule has 3 aromatic rings. The van der Waals surface area contributed by atoms with Crippen molar-refractivity contribution in [2.24, 2.45) is 5.92 Å². The molecule has 4 rings (SSSR count). The summed E-state index contributed by atoms with van der Waals surface area (Å²) in [5.74, 6) is 1.07. The summed E-state index contributed by atoms with van der Waals surface area (Å²) in [5.41, 5.74) is 2.74. The van der Waals surface area contributed by atoms with Crippen molar-refractivity contribution in [3.63, 3.8) is 0 Å². The molecule has 33 heavy (non-hydrogen) atoms. The fourth-order valence-corrected chi connectivity index (χ4v) is 4.36. The van der Waals surface area contributed by atoms with Crippen LogP contribution in [0.3, 0.4) is 0 Å². The van der Waals surface area contributed by atoms with Crippen LogP contribution in [-0.2, 0) is 16.1 Å². The van der Waals surface area contributed by atoms with Crippen LogP contribution in [-0.4, -0.2) is 44.6 Å². The van der Waals surface area contributed by atoms with E-state index in [0.717, 1.165) is 60.6 Å². The minimum atomic E-state index is -0.0810. The van der Waals surface area contributed by atoms with Crippen molar-refractivity contribution in [1.82, 2.24) is 19.7 Å². The maximum atomic E-state index is 12.2. The standard InChI is InChI=1S/C25H32N6O2/c1-17(2)14-25(33)29-24-8-11-26-31(24)22-9-12-30(13-10-22)16-21-5-4-19-15-20(27-18(3)32)6-7-23(19)28-21/h4-8,11,15,17,22H,9-10,12-14,16H2,1-3H3,(H,27,32)(H,29,33). The molecule has 1 aliphatic heterocycles. The van der Waals surface area contributed by atoms with Gasteiger partial charge in [-0.3, -0.25) is 19.5 Å². The van der Waals surface area contributed by atoms with Gasteiger partial charge in [0.1, 0.15) is 5.82 Å². The fraction of sp³-hybridized carbons (Fsp3) is 0.440. The van der Waals surface area contributed by atoms with Gasteiger partial charge in [-0.2, -0.15) is 5.10 Å². The van der Waals surface area contributed by atoms with Crippen molar-refractivity contribution in [3.8, 4) is 0 Å². The Morgan fingerprint density at radius 1 is 1.09 bits per heavy atom. The smallest absolute Gasteiger partial charge is 0.225 e. The summed E-state index contributed by atoms with van der Waals surface area (Å²) in [6.45, 7) is 8.29. The van der Waals surface area contributed by atoms with Gasteiger partial charge in [0, 0.05) is 50.1 Å². The predicted molar refractivity (Wildman–Crippen MR) is 130 cm³/mol. The quantitative estimate of drug-likeness (QED) is 0.565. The molecule has 1 saturated heterocycles. The number of hydrogen-bond acceptors (Lipinski definition) is 5. The van der Waals surface area contributed by atoms with E-state index in [9.17, 15) is 9.59 Å². The number of nitrogens with zero attached hydrogens (tertiary/aromatic N) is 4. The molecule has 0 atom stereocenters. The number of rotatable bonds is 7. The summed E-state index contributed by atoms with van der Waals surface area (Å²) >= 11 is 0. The van der Waals surface area contributed by atoms with E-state index < -0.39 is 0 Å². The lowest BCUT2D eigenvalue weighted by Crippen LogP contribution is -2.35. The van der Waals surface area contributed by atoms with E-state index in [1.165, 1.54) is 6.92 Å². The Hall–Kier alpha value is -3.26. The van der Waals surface area contributed by atoms with E-state index in [2.05, 4.69) is 32.8 Å². The molecule has 0 spiro atoms. The van der Waals surface area contributed by atoms with Crippen LogP contribution in [0.15, 0.2) is 42.6 Å². The number of piperidine rings is 1. The monoisotopic (exact) mass is 448 g/mol. The number of amides is 2. The van der Waals surface area contributed by atoms with E-state index in [4.69, 9.17) is 4.98 Å². The number of carbonyl (C=O) groups excluding carboxylic acids is 2. The molecule has 0 saturated carbocycles. The molecule has 1 aromatic carbocycles. The molecule has 8 heteroatoms. The third-order valence-electron chi connectivity index (χ3n) is 5.89. The van der Waals surface area contributed by atoms with Gasteiger partial charge in [-0.25, -0.2) is 4.68 Å². The molecule has 0 aliphatic carbocycles. The van der Waals surface area contributed by atoms with Crippen molar-refractivity contribution < 1.29 is 9.59 Å². The zero-order valence-electron chi connectivity index (χ0n) is 19.5. The van der Waals surface area contributed by atoms with Crippen LogP contribution in [0.1, 0.15) is 51.8 Å². The van der Waals surface area contributed by atoms with Gasteiger partial charge < -0.3 is 10.6 Å². The molecule has 3 heterocycles. The lowest BCUT2D eigenvalue weighted by atomic mass is 10.0. The van der Waals surface area contributed by atoms with Crippen molar-refractivity contribution in [1.29, 1.82) is 0 Å². The average molecular weight is 449 g/mol. The SMILES string of the molecule is CC(=O)Nc1ccc2nc(CN3CCC(n4nccc4NC(=O)CC(C)C)CC3)ccc2c1. The number of fused-ring (bicyclic) bond motifs is 1. The highest BCUT2D eigenvalue weighted by Crippen LogP contribution is 2.27. The minimum absolute atomic E-state index is 0.0377. The molecule has 1 aliphatic rings. The number of carbonyl (C=O) groups is 2. The molecule has 2 N–H and O–H groups in total. The number of likely N-dealkylation sites (tertiary alicyclic amines) is 1. The van der Waals surface area contributed by atoms with Crippen LogP contribution >= 0.6 is 0 Å². The van der Waals surface area contributed by atoms with Crippen LogP contribution in [0.5, 0.6) is 0 Å². The number of pyridine rings is 1. The maximum absolute atomic E-state index is 12.2. The molecule has 0 unspecified atom stereocenters. The lowest BCUT2D eigenvalue weighted by Gasteiger charge is -2.32. The zero-order chi connectivity index (χ0) is 23.4. The number of benzene rings is 1. The van der Waals surface area contributed by atoms with Crippen molar-refractivity contribution >= 4 is 34.2 Å². The Kier molecular flexibility index (Phi) is 7.03. The van der Waals surface area contributed by atoms with Gasteiger partial charge in [0.2, 0.25) is 11.8 Å². The van der Waals surface area contributed by atoms with Crippen LogP contribution in [0.25, 0.3) is 10.9 Å². The summed E-state index contributed by atoms with van der Waals surface area (Å²) < 4.78 is 1.97. The molecular weight excluding hydrogens is 416 g/mol. The Morgan fingerprint density at radius 2 is 1.88 bits per heavy atom. The highest BCUT2D eigenvalue weighted by atomic mass is 16.2. The van der Waals surface area contributed by atoms with Gasteiger partial charge in [-0.1, -0.05) is 19.9 Å². The first-order valence-electron chi connectivity index (χ1n) is 11.6. The summed E-state index contributed by atoms with van der Waals surface area (Å²) in [6.07, 6.45) is 4.22. The Morgan fingerprint density at radius 3 is 2.61 bits per heavy atom. The van der Waals surface area contributed by atoms with E-state index in [-0.39, 0.29) is 17.9 Å². The molecule has 0 radical (unpaired) electrons. The van der Waals surface area contributed by atoms with Gasteiger partial charge in [0.05, 0.1) is 23.4 Å². The van der Waals surface area contributed by atoms with Crippen molar-refractivity contribution in [2.45, 2.75) is 52.6 Å². The van der Waals surface area contributed by atoms with Gasteiger partial charge in [0.15, 0.2) is 0 Å². The van der Waals surface area contributed by atoms with E-state index in [1.807, 2.05) is 42.8 Å². The van der Waals surface area contributed by atoms with Gasteiger partial charge in [-0.15, -0.1) is 0 Å². The normalized spacial score (nSPS) is 15.2. The predicted octanol–water partition coefficient (Wildman–Crippen LogP) is 4.21. The molecular formula is C25H32N6O2. The maximum Gasteiger partial charge on any atom is 0.225 e. The van der Waals surface area contributed by atoms with Gasteiger partial charge >= 0.3 is 0 Å². The highest BCUT2D eigenvalue weighted by molar-refractivity contribution is 5.92. The van der Waals surface area contributed by atoms with Crippen LogP contribution in [0.4, 0.5) is 11.5 Å². The average Bonchev–Trinajstić information content (AvgIpc) is 3.21. The third-order valence-corrected chi connectivity index (χ3v) is 5.89. The van der Waals surface area contributed by atoms with E-state index in [0.29, 0.717) is 12.3 Å². The Balaban J connectivity index is 1.34. The van der Waals surface area contributed by atoms with Crippen LogP contribution in [0.2, 0.25) is 0 Å². The second-order valence-corrected chi connectivity index (χ2v) is 9.21. The molecule has 8 nitrogen and oxygen atoms in total. The van der Waals surface area contributed by atoms with E-state index in [1.54, 1.807) is 6.20 Å². The fourth-order valence-electron chi connectivity index (χ4n) is 4.36. The highest BCUT2D eigenvalue weighted by Gasteiger charge is 2.23. The van der Waals surface area contributed by atoms with Crippen LogP contribution < -0.4 is 10.6 Å². The van der Waals surface area contributed by atoms with Gasteiger partial charge in [-0.05, 0) is 43.0 Å². The second kappa shape index (κ2) is 10.1. The zero-order valence-corrected chi connectivity index (χ0v) is 19.5. The molecule has 2 amide bonds. The van der Waals surface area contributed by atoms with Gasteiger partial charge in [0.25, 0.3) is 0 Å². The molecule has 174 valence electrons. The van der Waals surface area contributed by atoms with E-state index >= 15 is 0 Å². The van der Waals surface area contributed by atoms with Crippen LogP contribution in [0, 0.1) is 5.92 Å². The van der Waals surface area contributed by atoms with Crippen molar-refractivity contribution in [3.05, 3.63) is 48.3 Å². The summed E-state index contributed by atoms with van der Waals surface area (Å²) in [5, 5.41) is 11.3. The minimum Gasteiger partial charge on any atom is -0.326 e. The molecule has 0 bridgehead atoms. The molecule has 2 aromatic heterocycles. The Labute approximate surface area is 194 Å². The third kappa shape index (κ3) is 5.96. The molecule has 1 fully saturated rings. The second-order valence-electron chi connectivity index (χ2n) is 9.21. The summed E-state index contributed by atoms with van der Waals surface area (Å²) in [6, 6.07) is 12.0. The summed E-state index contributed by atoms with van der Waals surface area (Å²) in [7, 11) is 0. The summed E-state index contributed by atoms with van der Waals surface area (Å²) in [4.78, 5) is 30.7. The van der Waals surface area contributed by atoms with Crippen molar-refractivity contribution in [2.75, 3.05) is 23.7 Å². The number of nitrogens with one attached hydrogen (secondary N) is 2. The largest absolute Gasteiger partial charge is 0.326 e. The number of anilines is 2. The number of hydrogen-bond donors (Lipinski definition) is 2. The number of aromatic nitrogens is 3. The first-order valence-corrected chi connectivity index (χ1v) is 11.6. The topological polar surface area (TPSA) is 92.2 Å². The lowest BCUT2D eigenvalue weighted by molar-refractivity contribution is -0.117.